The van der Waals surface area contributed by atoms with Crippen LogP contribution in [0.5, 0.6) is 0 Å². The number of hydrogen-bond donors (Lipinski definition) is 1. The number of alkyl halides is 3. The van der Waals surface area contributed by atoms with Gasteiger partial charge in [-0.3, -0.25) is 0 Å². The van der Waals surface area contributed by atoms with Gasteiger partial charge in [0.05, 0.1) is 0 Å². The highest BCUT2D eigenvalue weighted by Crippen LogP contribution is 2.48. The maximum Gasteiger partial charge on any atom is 0.183 e. The van der Waals surface area contributed by atoms with Crippen molar-refractivity contribution in [3.8, 4) is 0 Å². The number of benzene rings is 1. The normalized spacial score (nSPS) is 19.9. The largest absolute Gasteiger partial charge is 0.314 e. The molecule has 1 aliphatic rings. The molecule has 0 bridgehead atoms. The van der Waals surface area contributed by atoms with E-state index < -0.39 is 16.0 Å². The van der Waals surface area contributed by atoms with Gasteiger partial charge in [-0.05, 0) is 44.5 Å². The molecular weight excluding hydrogens is 304 g/mol. The van der Waals surface area contributed by atoms with Gasteiger partial charge >= 0.3 is 0 Å². The number of fused-ring (bicyclic) bond motifs is 1. The summed E-state index contributed by atoms with van der Waals surface area (Å²) < 4.78 is 14.1. The first-order chi connectivity index (χ1) is 8.80. The maximum absolute atomic E-state index is 15.6. The minimum atomic E-state index is -1.84. The van der Waals surface area contributed by atoms with Crippen LogP contribution in [-0.4, -0.2) is 23.2 Å². The third-order valence-corrected chi connectivity index (χ3v) is 5.45. The van der Waals surface area contributed by atoms with E-state index >= 15 is 4.39 Å². The van der Waals surface area contributed by atoms with E-state index in [2.05, 4.69) is 5.32 Å². The molecule has 1 aromatic carbocycles. The topological polar surface area (TPSA) is 12.0 Å². The van der Waals surface area contributed by atoms with E-state index in [1.165, 1.54) is 17.4 Å². The summed E-state index contributed by atoms with van der Waals surface area (Å²) in [6.07, 6.45) is 0.971. The van der Waals surface area contributed by atoms with Crippen molar-refractivity contribution >= 4 is 35.0 Å². The number of rotatable bonds is 4. The highest BCUT2D eigenvalue weighted by Gasteiger charge is 2.52. The highest BCUT2D eigenvalue weighted by molar-refractivity contribution is 7.99. The molecule has 106 valence electrons. The summed E-state index contributed by atoms with van der Waals surface area (Å²) in [4.78, 5) is 1.23. The standard InChI is InChI=1S/C14H18Cl2FNS/c1-9(18-3)14(17,13(2,15)16)11-4-5-12-10(8-11)6-7-19-12/h4-5,8-9,18H,6-7H2,1-3H3. The van der Waals surface area contributed by atoms with Gasteiger partial charge in [-0.15, -0.1) is 11.8 Å². The van der Waals surface area contributed by atoms with Crippen LogP contribution in [0.2, 0.25) is 0 Å². The molecule has 19 heavy (non-hydrogen) atoms. The van der Waals surface area contributed by atoms with Gasteiger partial charge in [0, 0.05) is 16.7 Å². The number of likely N-dealkylation sites (N-methyl/N-ethyl adjacent to an activating group) is 1. The van der Waals surface area contributed by atoms with Gasteiger partial charge < -0.3 is 5.32 Å². The molecule has 1 heterocycles. The van der Waals surface area contributed by atoms with Crippen LogP contribution in [0.1, 0.15) is 25.0 Å². The second-order valence-corrected chi connectivity index (χ2v) is 7.87. The van der Waals surface area contributed by atoms with Crippen molar-refractivity contribution in [3.05, 3.63) is 29.3 Å². The van der Waals surface area contributed by atoms with Crippen molar-refractivity contribution < 1.29 is 4.39 Å². The zero-order valence-electron chi connectivity index (χ0n) is 11.3. The van der Waals surface area contributed by atoms with Crippen LogP contribution >= 0.6 is 35.0 Å². The van der Waals surface area contributed by atoms with Crippen LogP contribution in [0.4, 0.5) is 4.39 Å². The van der Waals surface area contributed by atoms with Gasteiger partial charge in [-0.1, -0.05) is 35.3 Å². The Kier molecular flexibility index (Phi) is 4.41. The highest BCUT2D eigenvalue weighted by atomic mass is 35.5. The summed E-state index contributed by atoms with van der Waals surface area (Å²) in [5.74, 6) is 1.05. The average Bonchev–Trinajstić information content (AvgIpc) is 2.82. The summed E-state index contributed by atoms with van der Waals surface area (Å²) in [5, 5.41) is 2.93. The van der Waals surface area contributed by atoms with Gasteiger partial charge in [-0.25, -0.2) is 4.39 Å². The van der Waals surface area contributed by atoms with Crippen LogP contribution in [0, 0.1) is 0 Å². The molecule has 0 fully saturated rings. The van der Waals surface area contributed by atoms with Crippen LogP contribution in [0.15, 0.2) is 23.1 Å². The molecule has 2 rings (SSSR count). The Morgan fingerprint density at radius 3 is 2.68 bits per heavy atom. The van der Waals surface area contributed by atoms with Crippen molar-refractivity contribution in [2.75, 3.05) is 12.8 Å². The van der Waals surface area contributed by atoms with Gasteiger partial charge in [-0.2, -0.15) is 0 Å². The van der Waals surface area contributed by atoms with E-state index in [-0.39, 0.29) is 0 Å². The molecule has 1 aliphatic heterocycles. The average molecular weight is 322 g/mol. The SMILES string of the molecule is CNC(C)C(F)(c1ccc2c(c1)CCS2)C(C)(Cl)Cl. The number of halogens is 3. The fourth-order valence-electron chi connectivity index (χ4n) is 2.50. The van der Waals surface area contributed by atoms with Gasteiger partial charge in [0.15, 0.2) is 10.0 Å². The molecule has 0 amide bonds. The van der Waals surface area contributed by atoms with E-state index in [1.807, 2.05) is 12.1 Å². The second-order valence-electron chi connectivity index (χ2n) is 5.03. The lowest BCUT2D eigenvalue weighted by atomic mass is 9.85. The van der Waals surface area contributed by atoms with Crippen molar-refractivity contribution in [1.82, 2.24) is 5.32 Å². The second kappa shape index (κ2) is 5.44. The summed E-state index contributed by atoms with van der Waals surface area (Å²) in [5.41, 5.74) is -0.110. The first kappa shape index (κ1) is 15.4. The molecule has 0 spiro atoms. The molecule has 2 unspecified atom stereocenters. The number of aryl methyl sites for hydroxylation is 1. The summed E-state index contributed by atoms with van der Waals surface area (Å²) in [6.45, 7) is 3.26. The molecule has 5 heteroatoms. The van der Waals surface area contributed by atoms with E-state index in [0.717, 1.165) is 12.2 Å². The zero-order valence-corrected chi connectivity index (χ0v) is 13.6. The van der Waals surface area contributed by atoms with Crippen molar-refractivity contribution in [3.63, 3.8) is 0 Å². The third kappa shape index (κ3) is 2.63. The fourth-order valence-corrected chi connectivity index (χ4v) is 4.09. The lowest BCUT2D eigenvalue weighted by molar-refractivity contribution is 0.0997. The smallest absolute Gasteiger partial charge is 0.183 e. The van der Waals surface area contributed by atoms with Crippen molar-refractivity contribution in [2.45, 2.75) is 41.2 Å². The van der Waals surface area contributed by atoms with Gasteiger partial charge in [0.1, 0.15) is 0 Å². The first-order valence-electron chi connectivity index (χ1n) is 6.31. The molecule has 2 atom stereocenters. The Labute approximate surface area is 128 Å². The summed E-state index contributed by atoms with van der Waals surface area (Å²) in [7, 11) is 1.71. The third-order valence-electron chi connectivity index (χ3n) is 3.78. The Balaban J connectivity index is 2.50. The lowest BCUT2D eigenvalue weighted by Gasteiger charge is -2.39. The summed E-state index contributed by atoms with van der Waals surface area (Å²) in [6, 6.07) is 5.19. The molecule has 1 nitrogen and oxygen atoms in total. The molecule has 0 saturated heterocycles. The predicted molar refractivity (Wildman–Crippen MR) is 82.3 cm³/mol. The number of nitrogens with one attached hydrogen (secondary N) is 1. The van der Waals surface area contributed by atoms with Gasteiger partial charge in [0.2, 0.25) is 0 Å². The van der Waals surface area contributed by atoms with Gasteiger partial charge in [0.25, 0.3) is 0 Å². The minimum absolute atomic E-state index is 0.486. The number of hydrogen-bond acceptors (Lipinski definition) is 2. The minimum Gasteiger partial charge on any atom is -0.314 e. The van der Waals surface area contributed by atoms with E-state index in [1.54, 1.807) is 31.8 Å². The van der Waals surface area contributed by atoms with Crippen molar-refractivity contribution in [1.29, 1.82) is 0 Å². The molecule has 0 aromatic heterocycles. The maximum atomic E-state index is 15.6. The summed E-state index contributed by atoms with van der Waals surface area (Å²) >= 11 is 14.1. The van der Waals surface area contributed by atoms with Crippen LogP contribution < -0.4 is 5.32 Å². The zero-order chi connectivity index (χ0) is 14.3. The molecule has 0 aliphatic carbocycles. The monoisotopic (exact) mass is 321 g/mol. The Hall–Kier alpha value is 0.0400. The van der Waals surface area contributed by atoms with E-state index in [4.69, 9.17) is 23.2 Å². The Morgan fingerprint density at radius 1 is 1.42 bits per heavy atom. The number of thioether (sulfide) groups is 1. The lowest BCUT2D eigenvalue weighted by Crippen LogP contribution is -2.51. The Bertz CT molecular complexity index is 475. The fraction of sp³-hybridized carbons (Fsp3) is 0.571. The Morgan fingerprint density at radius 2 is 2.11 bits per heavy atom. The molecule has 1 aromatic rings. The molecule has 1 N–H and O–H groups in total. The van der Waals surface area contributed by atoms with Crippen molar-refractivity contribution in [2.24, 2.45) is 0 Å². The van der Waals surface area contributed by atoms with Crippen LogP contribution in [0.3, 0.4) is 0 Å². The molecule has 0 radical (unpaired) electrons. The quantitative estimate of drug-likeness (QED) is 0.830. The van der Waals surface area contributed by atoms with Crippen LogP contribution in [0.25, 0.3) is 0 Å². The molecule has 0 saturated carbocycles. The predicted octanol–water partition coefficient (Wildman–Crippen LogP) is 4.30. The van der Waals surface area contributed by atoms with E-state index in [9.17, 15) is 0 Å². The first-order valence-corrected chi connectivity index (χ1v) is 8.05. The van der Waals surface area contributed by atoms with Crippen LogP contribution in [-0.2, 0) is 12.1 Å². The van der Waals surface area contributed by atoms with E-state index in [0.29, 0.717) is 5.56 Å². The molecular formula is C14H18Cl2FNS.